The Hall–Kier alpha value is -2.22. The minimum Gasteiger partial charge on any atom is -0.289 e. The lowest BCUT2D eigenvalue weighted by atomic mass is 9.83. The van der Waals surface area contributed by atoms with Crippen LogP contribution < -0.4 is 0 Å². The van der Waals surface area contributed by atoms with Crippen LogP contribution in [0.3, 0.4) is 0 Å². The Balaban J connectivity index is 2.30. The molecule has 0 fully saturated rings. The van der Waals surface area contributed by atoms with E-state index in [9.17, 15) is 9.59 Å². The first-order valence-corrected chi connectivity index (χ1v) is 5.96. The summed E-state index contributed by atoms with van der Waals surface area (Å²) in [5, 5.41) is 0. The molecule has 2 nitrogen and oxygen atoms in total. The molecule has 0 aromatic heterocycles. The lowest BCUT2D eigenvalue weighted by molar-refractivity contribution is 0.0994. The third-order valence-electron chi connectivity index (χ3n) is 3.51. The summed E-state index contributed by atoms with van der Waals surface area (Å²) in [5.41, 5.74) is 4.22. The fourth-order valence-corrected chi connectivity index (χ4v) is 2.54. The summed E-state index contributed by atoms with van der Waals surface area (Å²) < 4.78 is 0. The quantitative estimate of drug-likeness (QED) is 0.750. The molecule has 0 atom stereocenters. The zero-order valence-electron chi connectivity index (χ0n) is 9.90. The maximum absolute atomic E-state index is 12.0. The lowest BCUT2D eigenvalue weighted by Crippen LogP contribution is -2.16. The highest BCUT2D eigenvalue weighted by Crippen LogP contribution is 2.31. The summed E-state index contributed by atoms with van der Waals surface area (Å²) in [6, 6.07) is 3.72. The minimum atomic E-state index is -0.0912. The van der Waals surface area contributed by atoms with Crippen LogP contribution in [0.25, 0.3) is 6.08 Å². The molecule has 1 aromatic rings. The molecule has 0 aliphatic heterocycles. The highest BCUT2D eigenvalue weighted by atomic mass is 16.1. The fraction of sp³-hybridized carbons (Fsp3) is 0.125. The molecule has 3 rings (SSSR count). The van der Waals surface area contributed by atoms with Gasteiger partial charge in [0.2, 0.25) is 0 Å². The third-order valence-corrected chi connectivity index (χ3v) is 3.51. The van der Waals surface area contributed by atoms with Gasteiger partial charge < -0.3 is 0 Å². The summed E-state index contributed by atoms with van der Waals surface area (Å²) in [4.78, 5) is 23.8. The second-order valence-electron chi connectivity index (χ2n) is 4.55. The Morgan fingerprint density at radius 3 is 2.61 bits per heavy atom. The van der Waals surface area contributed by atoms with Gasteiger partial charge in [0.1, 0.15) is 0 Å². The number of carbonyl (C=O) groups is 2. The summed E-state index contributed by atoms with van der Waals surface area (Å²) in [5.74, 6) is -0.172. The van der Waals surface area contributed by atoms with Crippen LogP contribution in [0, 0.1) is 0 Å². The number of allylic oxidation sites excluding steroid dienone is 4. The Morgan fingerprint density at radius 1 is 1.06 bits per heavy atom. The van der Waals surface area contributed by atoms with Crippen molar-refractivity contribution in [1.82, 2.24) is 0 Å². The number of rotatable bonds is 1. The standard InChI is InChI=1S/C16H12O2/c1-2-10-3-4-11-5-6-12-14(17)7-8-15(18)16(12)13(11)9-10/h2,5-9H,1,3-4H2. The van der Waals surface area contributed by atoms with Crippen molar-refractivity contribution >= 4 is 17.6 Å². The summed E-state index contributed by atoms with van der Waals surface area (Å²) in [6.07, 6.45) is 8.33. The fourth-order valence-electron chi connectivity index (χ4n) is 2.54. The molecule has 0 saturated heterocycles. The highest BCUT2D eigenvalue weighted by Gasteiger charge is 2.24. The molecule has 0 spiro atoms. The van der Waals surface area contributed by atoms with Crippen LogP contribution in [0.15, 0.2) is 42.5 Å². The molecule has 0 saturated carbocycles. The van der Waals surface area contributed by atoms with Crippen molar-refractivity contribution < 1.29 is 9.59 Å². The Kier molecular flexibility index (Phi) is 2.37. The Morgan fingerprint density at radius 2 is 1.83 bits per heavy atom. The van der Waals surface area contributed by atoms with E-state index in [0.29, 0.717) is 11.1 Å². The summed E-state index contributed by atoms with van der Waals surface area (Å²) >= 11 is 0. The van der Waals surface area contributed by atoms with Gasteiger partial charge in [-0.3, -0.25) is 9.59 Å². The number of hydrogen-bond donors (Lipinski definition) is 0. The molecule has 0 bridgehead atoms. The van der Waals surface area contributed by atoms with Gasteiger partial charge in [-0.1, -0.05) is 24.8 Å². The van der Waals surface area contributed by atoms with Gasteiger partial charge in [-0.15, -0.1) is 0 Å². The van der Waals surface area contributed by atoms with Crippen LogP contribution in [0.4, 0.5) is 0 Å². The molecule has 0 amide bonds. The molecule has 0 radical (unpaired) electrons. The van der Waals surface area contributed by atoms with Crippen molar-refractivity contribution in [3.63, 3.8) is 0 Å². The van der Waals surface area contributed by atoms with E-state index < -0.39 is 0 Å². The number of carbonyl (C=O) groups excluding carboxylic acids is 2. The van der Waals surface area contributed by atoms with Gasteiger partial charge in [0, 0.05) is 11.1 Å². The topological polar surface area (TPSA) is 34.1 Å². The van der Waals surface area contributed by atoms with Crippen LogP contribution in [-0.2, 0) is 6.42 Å². The molecule has 0 unspecified atom stereocenters. The zero-order valence-corrected chi connectivity index (χ0v) is 9.90. The second kappa shape index (κ2) is 3.91. The monoisotopic (exact) mass is 236 g/mol. The largest absolute Gasteiger partial charge is 0.289 e. The maximum Gasteiger partial charge on any atom is 0.187 e. The van der Waals surface area contributed by atoms with Crippen molar-refractivity contribution in [2.24, 2.45) is 0 Å². The van der Waals surface area contributed by atoms with Crippen molar-refractivity contribution in [1.29, 1.82) is 0 Å². The van der Waals surface area contributed by atoms with E-state index in [1.54, 1.807) is 6.07 Å². The van der Waals surface area contributed by atoms with Gasteiger partial charge in [-0.2, -0.15) is 0 Å². The van der Waals surface area contributed by atoms with E-state index in [4.69, 9.17) is 0 Å². The molecule has 2 aliphatic rings. The number of fused-ring (bicyclic) bond motifs is 3. The van der Waals surface area contributed by atoms with Crippen LogP contribution in [0.2, 0.25) is 0 Å². The predicted molar refractivity (Wildman–Crippen MR) is 70.7 cm³/mol. The molecular weight excluding hydrogens is 224 g/mol. The highest BCUT2D eigenvalue weighted by molar-refractivity contribution is 6.23. The van der Waals surface area contributed by atoms with Gasteiger partial charge in [-0.05, 0) is 47.8 Å². The smallest absolute Gasteiger partial charge is 0.187 e. The van der Waals surface area contributed by atoms with Crippen molar-refractivity contribution in [2.45, 2.75) is 12.8 Å². The van der Waals surface area contributed by atoms with Crippen LogP contribution in [0.5, 0.6) is 0 Å². The van der Waals surface area contributed by atoms with E-state index >= 15 is 0 Å². The van der Waals surface area contributed by atoms with E-state index in [1.807, 2.05) is 18.2 Å². The summed E-state index contributed by atoms with van der Waals surface area (Å²) in [7, 11) is 0. The van der Waals surface area contributed by atoms with Gasteiger partial charge in [0.25, 0.3) is 0 Å². The molecule has 1 aromatic carbocycles. The molecule has 0 heterocycles. The average molecular weight is 236 g/mol. The molecule has 0 N–H and O–H groups in total. The second-order valence-corrected chi connectivity index (χ2v) is 4.55. The first-order valence-electron chi connectivity index (χ1n) is 5.96. The van der Waals surface area contributed by atoms with E-state index in [-0.39, 0.29) is 11.6 Å². The molecule has 2 aliphatic carbocycles. The predicted octanol–water partition coefficient (Wildman–Crippen LogP) is 3.14. The van der Waals surface area contributed by atoms with E-state index in [0.717, 1.165) is 29.5 Å². The summed E-state index contributed by atoms with van der Waals surface area (Å²) in [6.45, 7) is 3.77. The zero-order chi connectivity index (χ0) is 12.7. The number of hydrogen-bond acceptors (Lipinski definition) is 2. The number of benzene rings is 1. The van der Waals surface area contributed by atoms with E-state index in [1.165, 1.54) is 12.2 Å². The average Bonchev–Trinajstić information content (AvgIpc) is 2.41. The van der Waals surface area contributed by atoms with Crippen molar-refractivity contribution in [2.75, 3.05) is 0 Å². The third kappa shape index (κ3) is 1.50. The normalized spacial score (nSPS) is 17.0. The maximum atomic E-state index is 12.0. The molecule has 88 valence electrons. The van der Waals surface area contributed by atoms with Crippen LogP contribution in [-0.4, -0.2) is 11.6 Å². The first kappa shape index (κ1) is 10.9. The minimum absolute atomic E-state index is 0.0805. The van der Waals surface area contributed by atoms with Gasteiger partial charge in [0.15, 0.2) is 11.6 Å². The van der Waals surface area contributed by atoms with Gasteiger partial charge >= 0.3 is 0 Å². The molecular formula is C16H12O2. The first-order chi connectivity index (χ1) is 8.70. The Bertz CT molecular complexity index is 645. The van der Waals surface area contributed by atoms with Crippen LogP contribution >= 0.6 is 0 Å². The Labute approximate surface area is 105 Å². The lowest BCUT2D eigenvalue weighted by Gasteiger charge is -2.20. The van der Waals surface area contributed by atoms with E-state index in [2.05, 4.69) is 6.58 Å². The molecule has 2 heteroatoms. The van der Waals surface area contributed by atoms with Crippen molar-refractivity contribution in [3.8, 4) is 0 Å². The number of ketones is 2. The van der Waals surface area contributed by atoms with Gasteiger partial charge in [-0.25, -0.2) is 0 Å². The molecule has 18 heavy (non-hydrogen) atoms. The number of aryl methyl sites for hydroxylation is 1. The van der Waals surface area contributed by atoms with Gasteiger partial charge in [0.05, 0.1) is 0 Å². The SMILES string of the molecule is C=CC1=Cc2c(ccc3c2C(=O)C=CC3=O)CC1. The van der Waals surface area contributed by atoms with Crippen molar-refractivity contribution in [3.05, 3.63) is 64.8 Å². The van der Waals surface area contributed by atoms with Crippen LogP contribution in [0.1, 0.15) is 38.3 Å².